The molecule has 2 aliphatic rings. The van der Waals surface area contributed by atoms with Crippen LogP contribution < -0.4 is 58.9 Å². The van der Waals surface area contributed by atoms with Gasteiger partial charge in [0.2, 0.25) is 51.4 Å². The summed E-state index contributed by atoms with van der Waals surface area (Å²) < 4.78 is 125. The number of rotatable bonds is 53. The van der Waals surface area contributed by atoms with Crippen molar-refractivity contribution in [2.45, 2.75) is 235 Å². The molecule has 1 saturated carbocycles. The number of aromatic nitrogens is 1. The number of likely N-dealkylation sites (tertiary alicyclic amines) is 1. The number of hydrazine groups is 1. The number of nitrogens with zero attached hydrogens (tertiary/aromatic N) is 3. The van der Waals surface area contributed by atoms with Crippen LogP contribution in [0.15, 0.2) is 39.4 Å². The lowest BCUT2D eigenvalue weighted by Crippen LogP contribution is -2.59. The van der Waals surface area contributed by atoms with Crippen molar-refractivity contribution in [3.8, 4) is 5.75 Å². The molecular formula is C79H119F3N14O25S5. The summed E-state index contributed by atoms with van der Waals surface area (Å²) in [4.78, 5) is 175. The van der Waals surface area contributed by atoms with Gasteiger partial charge in [-0.25, -0.2) is 55.1 Å². The number of piperidine rings is 1. The quantitative estimate of drug-likeness (QED) is 0.00704. The number of anilines is 1. The minimum absolute atomic E-state index is 0.0303. The summed E-state index contributed by atoms with van der Waals surface area (Å²) in [6.45, 7) is 10.7. The van der Waals surface area contributed by atoms with Crippen molar-refractivity contribution in [2.75, 3.05) is 89.0 Å². The Morgan fingerprint density at radius 1 is 0.722 bits per heavy atom. The number of phenolic OH excluding ortho intramolecular Hbond substituents is 1. The minimum Gasteiger partial charge on any atom is -0.508 e. The molecule has 2 heterocycles. The van der Waals surface area contributed by atoms with Crippen molar-refractivity contribution < 1.29 is 131 Å². The number of thiazole rings is 1. The molecule has 0 radical (unpaired) electrons. The van der Waals surface area contributed by atoms with Gasteiger partial charge in [0.25, 0.3) is 5.91 Å². The van der Waals surface area contributed by atoms with Crippen LogP contribution in [-0.2, 0) is 103 Å². The number of sulfone groups is 1. The zero-order valence-electron chi connectivity index (χ0n) is 71.7. The number of ether oxygens (including phenoxy) is 5. The number of aromatic hydroxyl groups is 1. The second-order valence-corrected chi connectivity index (χ2v) is 37.9. The summed E-state index contributed by atoms with van der Waals surface area (Å²) in [5.74, 6) is -20.0. The number of likely N-dealkylation sites (N-methyl/N-ethyl adjacent to an activating group) is 1. The lowest BCUT2D eigenvalue weighted by atomic mass is 9.92. The number of aliphatic carboxylic acids is 2. The number of sulfonamides is 1. The van der Waals surface area contributed by atoms with Crippen molar-refractivity contribution in [1.82, 2.24) is 57.5 Å². The van der Waals surface area contributed by atoms with E-state index in [1.54, 1.807) is 19.1 Å². The SMILES string of the molecule is CCCC(=O)OCN(C(=O)[C@@H](NC(=O)C1CCCCN1C)[C@@H](C)CC)[C@H](C[C@@H](OC(C)=O)c1nc(C(=O)N[C@@H](Cc2ccc(O)cc2)C[C@H](C)C(=O)NNC(=O)OCCSSC[C@H](NC(=O)[C@H](CC(=O)O)NC(=O)[C@@H](N)CNC(=O)CCOCCOCCNC(=O)CCS(=O)(=O)c2c(F)c(F)c(S(N)(=O)=O)c(F)c2NC2CCCCCCC2)C(=O)O)cs1)C(C)C. The highest BCUT2D eigenvalue weighted by atomic mass is 33.1. The van der Waals surface area contributed by atoms with E-state index in [1.165, 1.54) is 36.3 Å². The second kappa shape index (κ2) is 54.2. The average molecular weight is 1880 g/mol. The number of carbonyl (C=O) groups excluding carboxylic acids is 11. The van der Waals surface area contributed by atoms with E-state index < -0.39 is 216 Å². The van der Waals surface area contributed by atoms with Crippen molar-refractivity contribution in [3.05, 3.63) is 63.4 Å². The Balaban J connectivity index is 1.04. The van der Waals surface area contributed by atoms with E-state index in [0.29, 0.717) is 57.1 Å². The number of primary sulfonamides is 1. The average Bonchev–Trinajstić information content (AvgIpc) is 0.778. The molecule has 1 unspecified atom stereocenters. The molecule has 5 rings (SSSR count). The molecule has 126 heavy (non-hydrogen) atoms. The van der Waals surface area contributed by atoms with Crippen molar-refractivity contribution in [2.24, 2.45) is 28.6 Å². The molecule has 47 heteroatoms. The van der Waals surface area contributed by atoms with E-state index in [0.717, 1.165) is 65.0 Å². The first-order valence-corrected chi connectivity index (χ1v) is 48.0. The van der Waals surface area contributed by atoms with E-state index in [2.05, 4.69) is 53.1 Å². The van der Waals surface area contributed by atoms with Crippen LogP contribution in [0, 0.1) is 35.2 Å². The van der Waals surface area contributed by atoms with Gasteiger partial charge in [-0.15, -0.1) is 11.3 Å². The highest BCUT2D eigenvalue weighted by molar-refractivity contribution is 8.76. The first kappa shape index (κ1) is 107. The molecule has 1 aromatic heterocycles. The van der Waals surface area contributed by atoms with Crippen LogP contribution in [-0.4, -0.2) is 256 Å². The largest absolute Gasteiger partial charge is 0.508 e. The number of phenols is 1. The molecule has 10 atom stereocenters. The molecular weight excluding hydrogens is 1760 g/mol. The van der Waals surface area contributed by atoms with E-state index in [9.17, 15) is 89.7 Å². The van der Waals surface area contributed by atoms with E-state index in [1.807, 2.05) is 39.6 Å². The Morgan fingerprint density at radius 2 is 1.37 bits per heavy atom. The predicted octanol–water partition coefficient (Wildman–Crippen LogP) is 4.48. The Labute approximate surface area is 741 Å². The molecule has 0 bridgehead atoms. The molecule has 2 fully saturated rings. The smallest absolute Gasteiger partial charge is 0.426 e. The first-order chi connectivity index (χ1) is 59.6. The molecule has 2 aromatic carbocycles. The number of carbonyl (C=O) groups is 13. The summed E-state index contributed by atoms with van der Waals surface area (Å²) in [5.41, 5.74) is 9.79. The molecule has 16 N–H and O–H groups in total. The number of benzene rings is 2. The van der Waals surface area contributed by atoms with Crippen molar-refractivity contribution >= 4 is 136 Å². The lowest BCUT2D eigenvalue weighted by Gasteiger charge is -2.39. The normalized spacial score (nSPS) is 16.2. The highest BCUT2D eigenvalue weighted by Crippen LogP contribution is 2.38. The molecule has 1 saturated heterocycles. The lowest BCUT2D eigenvalue weighted by molar-refractivity contribution is -0.160. The number of amides is 9. The van der Waals surface area contributed by atoms with Crippen LogP contribution >= 0.6 is 32.9 Å². The zero-order chi connectivity index (χ0) is 93.5. The number of esters is 2. The summed E-state index contributed by atoms with van der Waals surface area (Å²) in [6, 6.07) is -2.64. The van der Waals surface area contributed by atoms with Crippen LogP contribution in [0.4, 0.5) is 23.7 Å². The van der Waals surface area contributed by atoms with Gasteiger partial charge >= 0.3 is 30.0 Å². The maximum absolute atomic E-state index is 15.7. The molecule has 1 aliphatic heterocycles. The van der Waals surface area contributed by atoms with E-state index in [-0.39, 0.29) is 117 Å². The number of carboxylic acids is 2. The fraction of sp³-hybridized carbons (Fsp3) is 0.646. The fourth-order valence-corrected chi connectivity index (χ4v) is 18.5. The zero-order valence-corrected chi connectivity index (χ0v) is 75.8. The minimum atomic E-state index is -5.22. The Morgan fingerprint density at radius 3 is 1.99 bits per heavy atom. The van der Waals surface area contributed by atoms with Crippen molar-refractivity contribution in [3.63, 3.8) is 0 Å². The van der Waals surface area contributed by atoms with Gasteiger partial charge in [-0.2, -0.15) is 0 Å². The third-order valence-electron chi connectivity index (χ3n) is 20.5. The third-order valence-corrected chi connectivity index (χ3v) is 26.5. The number of hydrogen-bond acceptors (Lipinski definition) is 30. The summed E-state index contributed by atoms with van der Waals surface area (Å²) in [6.07, 6.45) is 3.72. The maximum Gasteiger partial charge on any atom is 0.426 e. The third kappa shape index (κ3) is 36.5. The first-order valence-electron chi connectivity index (χ1n) is 41.4. The van der Waals surface area contributed by atoms with Crippen LogP contribution in [0.25, 0.3) is 0 Å². The summed E-state index contributed by atoms with van der Waals surface area (Å²) in [5, 5.41) is 53.7. The van der Waals surface area contributed by atoms with Crippen LogP contribution in [0.5, 0.6) is 5.75 Å². The Hall–Kier alpha value is -9.23. The van der Waals surface area contributed by atoms with Gasteiger partial charge in [-0.05, 0) is 88.1 Å². The molecule has 706 valence electrons. The fourth-order valence-electron chi connectivity index (χ4n) is 13.5. The highest BCUT2D eigenvalue weighted by Gasteiger charge is 2.42. The number of halogens is 3. The maximum atomic E-state index is 15.7. The summed E-state index contributed by atoms with van der Waals surface area (Å²) >= 11 is 1.00. The monoisotopic (exact) mass is 1880 g/mol. The summed E-state index contributed by atoms with van der Waals surface area (Å²) in [7, 11) is -6.45. The second-order valence-electron chi connectivity index (χ2n) is 30.9. The van der Waals surface area contributed by atoms with Crippen LogP contribution in [0.1, 0.15) is 191 Å². The molecule has 1 aliphatic carbocycles. The van der Waals surface area contributed by atoms with Gasteiger partial charge in [0.15, 0.2) is 45.0 Å². The van der Waals surface area contributed by atoms with Gasteiger partial charge in [0.1, 0.15) is 52.1 Å². The van der Waals surface area contributed by atoms with Crippen molar-refractivity contribution in [1.29, 1.82) is 0 Å². The van der Waals surface area contributed by atoms with E-state index in [4.69, 9.17) is 34.6 Å². The Bertz CT molecular complexity index is 4400. The van der Waals surface area contributed by atoms with Gasteiger partial charge in [0.05, 0.1) is 50.3 Å². The number of hydrogen-bond donors (Lipinski definition) is 14. The number of nitrogens with one attached hydrogen (secondary N) is 9. The van der Waals surface area contributed by atoms with Gasteiger partial charge in [-0.1, -0.05) is 120 Å². The van der Waals surface area contributed by atoms with E-state index >= 15 is 18.0 Å². The molecule has 3 aromatic rings. The molecule has 0 spiro atoms. The Kier molecular flexibility index (Phi) is 46.1. The molecule has 9 amide bonds. The number of carboxylic acid groups (broad SMARTS) is 2. The van der Waals surface area contributed by atoms with Crippen LogP contribution in [0.2, 0.25) is 0 Å². The predicted molar refractivity (Wildman–Crippen MR) is 457 cm³/mol. The molecule has 39 nitrogen and oxygen atoms in total. The van der Waals surface area contributed by atoms with Gasteiger partial charge < -0.3 is 86.9 Å². The number of nitrogens with two attached hydrogens (primary N) is 2. The van der Waals surface area contributed by atoms with Gasteiger partial charge in [-0.3, -0.25) is 63.1 Å². The standard InChI is InChI=1S/C79H119F3N14O25S5/c1-9-18-63(103)120-44-96(77(109)67(46(5)10-2)92-75(108)57-21-16-17-29-95(57)8)58(45(3)4)40-59(121-48(7)97)76-91-55(42-122-76)74(107)88-51(38-49-22-24-52(98)25-23-49)37-47(6)71(104)93-94-79(112)119-34-35-123-124-43-56(78(110)111)90-73(106)54(39-62(101)102)89-72(105)53(83)41-86-60(99)26-30-117-32-33-118-31-28-85-61(100)27-36-125(113,114)70-65(81)64(80)69(126(84,115)116)66(82)68(70)87-50-19-14-12-11-13-15-20-50/h22-25,42,45-47,50-51,53-54,56-59,67,87,98H,9-21,26-41,43-44,83H2,1-8H3,(H,85,100)(H,86,99)(H,88,107)(H,89,105)(H,90,106)(H,92,108)(H,93,104)(H,94,112)(H,101,102)(H,110,111)(H2,84,115,116)/t46-,47-,51+,53-,54-,56-,57?,58+,59+,67-/m0/s1. The van der Waals surface area contributed by atoms with Crippen LogP contribution in [0.3, 0.4) is 0 Å². The topological polar surface area (TPSA) is 577 Å². The van der Waals surface area contributed by atoms with Gasteiger partial charge in [0, 0.05) is 86.6 Å².